The molecular weight excluding hydrogens is 226 g/mol. The van der Waals surface area contributed by atoms with Crippen LogP contribution < -0.4 is 10.1 Å². The molecule has 3 nitrogen and oxygen atoms in total. The van der Waals surface area contributed by atoms with Gasteiger partial charge in [0, 0.05) is 18.5 Å². The van der Waals surface area contributed by atoms with Gasteiger partial charge in [0.05, 0.1) is 12.1 Å². The summed E-state index contributed by atoms with van der Waals surface area (Å²) in [5.74, 6) is 1.14. The van der Waals surface area contributed by atoms with E-state index in [0.717, 1.165) is 31.5 Å². The van der Waals surface area contributed by atoms with Gasteiger partial charge in [-0.3, -0.25) is 0 Å². The van der Waals surface area contributed by atoms with Crippen LogP contribution in [0.25, 0.3) is 0 Å². The molecule has 88 valence electrons. The van der Waals surface area contributed by atoms with E-state index in [2.05, 4.69) is 5.32 Å². The number of halogens is 1. The number of benzene rings is 1. The summed E-state index contributed by atoms with van der Waals surface area (Å²) >= 11 is 6.06. The van der Waals surface area contributed by atoms with E-state index in [4.69, 9.17) is 16.3 Å². The lowest BCUT2D eigenvalue weighted by molar-refractivity contribution is 0.399. The van der Waals surface area contributed by atoms with Crippen LogP contribution in [0.15, 0.2) is 12.1 Å². The number of methoxy groups -OCH3 is 1. The van der Waals surface area contributed by atoms with E-state index >= 15 is 0 Å². The van der Waals surface area contributed by atoms with Crippen LogP contribution in [-0.4, -0.2) is 25.3 Å². The predicted octanol–water partition coefficient (Wildman–Crippen LogP) is 2.52. The van der Waals surface area contributed by atoms with E-state index in [1.807, 2.05) is 6.07 Å². The molecule has 0 spiro atoms. The first-order chi connectivity index (χ1) is 7.72. The van der Waals surface area contributed by atoms with Crippen molar-refractivity contribution in [3.05, 3.63) is 22.7 Å². The van der Waals surface area contributed by atoms with Gasteiger partial charge in [-0.2, -0.15) is 0 Å². The average molecular weight is 242 g/mol. The van der Waals surface area contributed by atoms with E-state index in [0.29, 0.717) is 16.7 Å². The van der Waals surface area contributed by atoms with Crippen molar-refractivity contribution in [2.24, 2.45) is 0 Å². The number of nitrogens with one attached hydrogen (secondary N) is 1. The maximum absolute atomic E-state index is 9.93. The molecule has 0 aliphatic carbocycles. The average Bonchev–Trinajstić information content (AvgIpc) is 2.32. The quantitative estimate of drug-likeness (QED) is 0.836. The highest BCUT2D eigenvalue weighted by molar-refractivity contribution is 6.32. The minimum Gasteiger partial charge on any atom is -0.508 e. The Hall–Kier alpha value is -0.930. The van der Waals surface area contributed by atoms with Gasteiger partial charge < -0.3 is 15.2 Å². The van der Waals surface area contributed by atoms with Gasteiger partial charge in [0.1, 0.15) is 11.5 Å². The zero-order valence-corrected chi connectivity index (χ0v) is 10.0. The Balaban J connectivity index is 2.29. The molecule has 1 aliphatic rings. The third-order valence-corrected chi connectivity index (χ3v) is 3.33. The van der Waals surface area contributed by atoms with Crippen molar-refractivity contribution in [1.82, 2.24) is 5.32 Å². The molecule has 16 heavy (non-hydrogen) atoms. The van der Waals surface area contributed by atoms with Crippen molar-refractivity contribution in [2.45, 2.75) is 18.8 Å². The van der Waals surface area contributed by atoms with Gasteiger partial charge in [-0.25, -0.2) is 0 Å². The SMILES string of the molecule is COc1cc(O)c(C2CCCNC2)cc1Cl. The van der Waals surface area contributed by atoms with Gasteiger partial charge in [0.2, 0.25) is 0 Å². The van der Waals surface area contributed by atoms with Gasteiger partial charge in [0.25, 0.3) is 0 Å². The van der Waals surface area contributed by atoms with Gasteiger partial charge in [0.15, 0.2) is 0 Å². The zero-order chi connectivity index (χ0) is 11.5. The monoisotopic (exact) mass is 241 g/mol. The Morgan fingerprint density at radius 3 is 2.94 bits per heavy atom. The normalized spacial score (nSPS) is 20.8. The fraction of sp³-hybridized carbons (Fsp3) is 0.500. The number of phenolic OH excluding ortho intramolecular Hbond substituents is 1. The molecule has 2 N–H and O–H groups in total. The molecule has 0 aromatic heterocycles. The lowest BCUT2D eigenvalue weighted by atomic mass is 9.91. The highest BCUT2D eigenvalue weighted by Gasteiger charge is 2.20. The number of aromatic hydroxyl groups is 1. The van der Waals surface area contributed by atoms with Crippen molar-refractivity contribution in [2.75, 3.05) is 20.2 Å². The summed E-state index contributed by atoms with van der Waals surface area (Å²) in [6.07, 6.45) is 2.22. The molecule has 2 rings (SSSR count). The Morgan fingerprint density at radius 2 is 2.31 bits per heavy atom. The van der Waals surface area contributed by atoms with Crippen LogP contribution in [0.4, 0.5) is 0 Å². The fourth-order valence-electron chi connectivity index (χ4n) is 2.16. The van der Waals surface area contributed by atoms with E-state index in [1.165, 1.54) is 0 Å². The lowest BCUT2D eigenvalue weighted by Gasteiger charge is -2.24. The molecule has 1 unspecified atom stereocenters. The number of hydrogen-bond acceptors (Lipinski definition) is 3. The third kappa shape index (κ3) is 2.25. The standard InChI is InChI=1S/C12H16ClNO2/c1-16-12-6-11(15)9(5-10(12)13)8-3-2-4-14-7-8/h5-6,8,14-15H,2-4,7H2,1H3. The predicted molar refractivity (Wildman–Crippen MR) is 64.5 cm³/mol. The molecule has 0 amide bonds. The summed E-state index contributed by atoms with van der Waals surface area (Å²) in [5.41, 5.74) is 0.915. The minimum absolute atomic E-state index is 0.273. The Kier molecular flexibility index (Phi) is 3.56. The summed E-state index contributed by atoms with van der Waals surface area (Å²) < 4.78 is 5.06. The molecule has 0 bridgehead atoms. The Bertz CT molecular complexity index is 376. The Labute approximate surface area is 100 Å². The number of phenols is 1. The largest absolute Gasteiger partial charge is 0.508 e. The first-order valence-electron chi connectivity index (χ1n) is 5.49. The molecule has 0 saturated carbocycles. The second-order valence-electron chi connectivity index (χ2n) is 4.09. The molecule has 1 aromatic rings. The van der Waals surface area contributed by atoms with Crippen LogP contribution in [0.3, 0.4) is 0 Å². The first-order valence-corrected chi connectivity index (χ1v) is 5.87. The molecular formula is C12H16ClNO2. The van der Waals surface area contributed by atoms with Crippen molar-refractivity contribution >= 4 is 11.6 Å². The van der Waals surface area contributed by atoms with Crippen LogP contribution in [0.2, 0.25) is 5.02 Å². The minimum atomic E-state index is 0.273. The van der Waals surface area contributed by atoms with Crippen LogP contribution in [-0.2, 0) is 0 Å². The number of hydrogen-bond donors (Lipinski definition) is 2. The Morgan fingerprint density at radius 1 is 1.50 bits per heavy atom. The summed E-state index contributed by atoms with van der Waals surface area (Å²) in [4.78, 5) is 0. The molecule has 0 radical (unpaired) electrons. The van der Waals surface area contributed by atoms with Crippen molar-refractivity contribution in [3.8, 4) is 11.5 Å². The summed E-state index contributed by atoms with van der Waals surface area (Å²) in [6.45, 7) is 1.96. The van der Waals surface area contributed by atoms with Crippen LogP contribution in [0, 0.1) is 0 Å². The second-order valence-corrected chi connectivity index (χ2v) is 4.50. The van der Waals surface area contributed by atoms with Crippen LogP contribution in [0.1, 0.15) is 24.3 Å². The molecule has 1 atom stereocenters. The van der Waals surface area contributed by atoms with Gasteiger partial charge in [-0.05, 0) is 31.0 Å². The lowest BCUT2D eigenvalue weighted by Crippen LogP contribution is -2.28. The van der Waals surface area contributed by atoms with E-state index in [9.17, 15) is 5.11 Å². The van der Waals surface area contributed by atoms with Crippen molar-refractivity contribution in [1.29, 1.82) is 0 Å². The molecule has 1 fully saturated rings. The molecule has 1 saturated heterocycles. The van der Waals surface area contributed by atoms with Gasteiger partial charge in [-0.15, -0.1) is 0 Å². The van der Waals surface area contributed by atoms with E-state index in [-0.39, 0.29) is 5.75 Å². The highest BCUT2D eigenvalue weighted by atomic mass is 35.5. The summed E-state index contributed by atoms with van der Waals surface area (Å²) in [7, 11) is 1.54. The maximum Gasteiger partial charge on any atom is 0.141 e. The van der Waals surface area contributed by atoms with E-state index in [1.54, 1.807) is 13.2 Å². The van der Waals surface area contributed by atoms with E-state index < -0.39 is 0 Å². The van der Waals surface area contributed by atoms with Crippen LogP contribution >= 0.6 is 11.6 Å². The topological polar surface area (TPSA) is 41.5 Å². The molecule has 1 aromatic carbocycles. The highest BCUT2D eigenvalue weighted by Crippen LogP contribution is 2.37. The summed E-state index contributed by atoms with van der Waals surface area (Å²) in [5, 5.41) is 13.8. The maximum atomic E-state index is 9.93. The zero-order valence-electron chi connectivity index (χ0n) is 9.29. The third-order valence-electron chi connectivity index (χ3n) is 3.04. The van der Waals surface area contributed by atoms with Crippen molar-refractivity contribution < 1.29 is 9.84 Å². The first kappa shape index (κ1) is 11.6. The fourth-order valence-corrected chi connectivity index (χ4v) is 2.41. The van der Waals surface area contributed by atoms with Crippen molar-refractivity contribution in [3.63, 3.8) is 0 Å². The second kappa shape index (κ2) is 4.93. The van der Waals surface area contributed by atoms with Gasteiger partial charge >= 0.3 is 0 Å². The molecule has 4 heteroatoms. The number of piperidine rings is 1. The number of rotatable bonds is 2. The summed E-state index contributed by atoms with van der Waals surface area (Å²) in [6, 6.07) is 3.40. The molecule has 1 aliphatic heterocycles. The smallest absolute Gasteiger partial charge is 0.141 e. The van der Waals surface area contributed by atoms with Gasteiger partial charge in [-0.1, -0.05) is 11.6 Å². The number of ether oxygens (including phenoxy) is 1. The molecule has 1 heterocycles. The van der Waals surface area contributed by atoms with Crippen LogP contribution in [0.5, 0.6) is 11.5 Å².